The topological polar surface area (TPSA) is 111 Å². The monoisotopic (exact) mass is 252 g/mol. The molecule has 0 aromatic heterocycles. The van der Waals surface area contributed by atoms with Crippen molar-refractivity contribution < 1.29 is 14.5 Å². The molecule has 1 amide bonds. The van der Waals surface area contributed by atoms with Crippen LogP contribution in [0.3, 0.4) is 0 Å². The predicted octanol–water partition coefficient (Wildman–Crippen LogP) is 0.833. The Morgan fingerprint density at radius 3 is 2.89 bits per heavy atom. The zero-order valence-electron chi connectivity index (χ0n) is 9.46. The molecule has 1 fully saturated rings. The van der Waals surface area contributed by atoms with E-state index >= 15 is 0 Å². The summed E-state index contributed by atoms with van der Waals surface area (Å²) in [6.07, 6.45) is -0.404. The molecule has 1 aliphatic heterocycles. The number of hydrazine groups is 1. The zero-order chi connectivity index (χ0) is 13.1. The lowest BCUT2D eigenvalue weighted by molar-refractivity contribution is -0.384. The summed E-state index contributed by atoms with van der Waals surface area (Å²) >= 11 is 0. The van der Waals surface area contributed by atoms with Crippen LogP contribution in [-0.4, -0.2) is 29.1 Å². The first kappa shape index (κ1) is 12.1. The number of hydrogen-bond acceptors (Lipinski definition) is 6. The number of benzene rings is 1. The van der Waals surface area contributed by atoms with Crippen molar-refractivity contribution in [3.8, 4) is 0 Å². The summed E-state index contributed by atoms with van der Waals surface area (Å²) in [6.45, 7) is 1.12. The number of cyclic esters (lactones) is 1. The molecule has 0 atom stereocenters. The van der Waals surface area contributed by atoms with Crippen molar-refractivity contribution in [2.24, 2.45) is 5.84 Å². The van der Waals surface area contributed by atoms with Crippen LogP contribution in [0.4, 0.5) is 16.2 Å². The summed E-state index contributed by atoms with van der Waals surface area (Å²) in [5.41, 5.74) is 3.02. The van der Waals surface area contributed by atoms with Crippen LogP contribution in [-0.2, 0) is 11.3 Å². The standard InChI is InChI=1S/C10H12N4O4/c11-12-8-2-1-7(5-9(8)14(16)17)6-13-3-4-18-10(13)15/h1-2,5,12H,3-4,6,11H2. The van der Waals surface area contributed by atoms with E-state index in [9.17, 15) is 14.9 Å². The number of nitrogens with one attached hydrogen (secondary N) is 1. The summed E-state index contributed by atoms with van der Waals surface area (Å²) in [5.74, 6) is 5.19. The minimum atomic E-state index is -0.527. The van der Waals surface area contributed by atoms with Gasteiger partial charge in [0.25, 0.3) is 5.69 Å². The molecule has 96 valence electrons. The maximum Gasteiger partial charge on any atom is 0.410 e. The molecular formula is C10H12N4O4. The zero-order valence-corrected chi connectivity index (χ0v) is 9.46. The highest BCUT2D eigenvalue weighted by molar-refractivity contribution is 5.69. The fraction of sp³-hybridized carbons (Fsp3) is 0.300. The first-order chi connectivity index (χ1) is 8.61. The van der Waals surface area contributed by atoms with Crippen LogP contribution in [0.1, 0.15) is 5.56 Å². The van der Waals surface area contributed by atoms with Crippen molar-refractivity contribution in [2.45, 2.75) is 6.54 Å². The van der Waals surface area contributed by atoms with Gasteiger partial charge in [-0.25, -0.2) is 4.79 Å². The Morgan fingerprint density at radius 2 is 2.33 bits per heavy atom. The molecule has 2 rings (SSSR count). The molecule has 1 heterocycles. The van der Waals surface area contributed by atoms with E-state index in [1.165, 1.54) is 17.0 Å². The molecule has 0 spiro atoms. The highest BCUT2D eigenvalue weighted by Crippen LogP contribution is 2.25. The van der Waals surface area contributed by atoms with Crippen LogP contribution in [0.2, 0.25) is 0 Å². The van der Waals surface area contributed by atoms with E-state index < -0.39 is 11.0 Å². The smallest absolute Gasteiger partial charge is 0.410 e. The van der Waals surface area contributed by atoms with Gasteiger partial charge < -0.3 is 15.1 Å². The molecule has 1 aliphatic rings. The van der Waals surface area contributed by atoms with Crippen LogP contribution in [0.15, 0.2) is 18.2 Å². The third kappa shape index (κ3) is 2.33. The van der Waals surface area contributed by atoms with Gasteiger partial charge in [0.05, 0.1) is 11.5 Å². The minimum Gasteiger partial charge on any atom is -0.448 e. The average molecular weight is 252 g/mol. The Hall–Kier alpha value is -2.35. The number of carbonyl (C=O) groups is 1. The molecule has 0 aliphatic carbocycles. The minimum absolute atomic E-state index is 0.123. The Kier molecular flexibility index (Phi) is 3.28. The maximum absolute atomic E-state index is 11.3. The van der Waals surface area contributed by atoms with Crippen LogP contribution in [0.5, 0.6) is 0 Å². The second kappa shape index (κ2) is 4.88. The van der Waals surface area contributed by atoms with E-state index in [4.69, 9.17) is 10.6 Å². The SMILES string of the molecule is NNc1ccc(CN2CCOC2=O)cc1[N+](=O)[O-]. The van der Waals surface area contributed by atoms with Crippen LogP contribution >= 0.6 is 0 Å². The van der Waals surface area contributed by atoms with E-state index in [2.05, 4.69) is 5.43 Å². The van der Waals surface area contributed by atoms with E-state index in [1.54, 1.807) is 6.07 Å². The van der Waals surface area contributed by atoms with E-state index in [0.29, 0.717) is 18.7 Å². The average Bonchev–Trinajstić information content (AvgIpc) is 2.75. The fourth-order valence-corrected chi connectivity index (χ4v) is 1.74. The number of nitrogens with zero attached hydrogens (tertiary/aromatic N) is 2. The second-order valence-corrected chi connectivity index (χ2v) is 3.79. The summed E-state index contributed by atoms with van der Waals surface area (Å²) in [5, 5.41) is 10.8. The van der Waals surface area contributed by atoms with Crippen molar-refractivity contribution >= 4 is 17.5 Å². The first-order valence-electron chi connectivity index (χ1n) is 5.27. The van der Waals surface area contributed by atoms with Gasteiger partial charge in [-0.15, -0.1) is 0 Å². The van der Waals surface area contributed by atoms with Crippen molar-refractivity contribution in [3.63, 3.8) is 0 Å². The van der Waals surface area contributed by atoms with Gasteiger partial charge in [-0.1, -0.05) is 6.07 Å². The number of hydrogen-bond donors (Lipinski definition) is 2. The first-order valence-corrected chi connectivity index (χ1v) is 5.27. The Balaban J connectivity index is 2.21. The predicted molar refractivity (Wildman–Crippen MR) is 62.7 cm³/mol. The fourth-order valence-electron chi connectivity index (χ4n) is 1.74. The molecule has 8 heteroatoms. The molecular weight excluding hydrogens is 240 g/mol. The van der Waals surface area contributed by atoms with Crippen molar-refractivity contribution in [3.05, 3.63) is 33.9 Å². The maximum atomic E-state index is 11.3. The number of carbonyl (C=O) groups excluding carboxylic acids is 1. The molecule has 8 nitrogen and oxygen atoms in total. The van der Waals surface area contributed by atoms with Crippen molar-refractivity contribution in [1.82, 2.24) is 4.90 Å². The summed E-state index contributed by atoms with van der Waals surface area (Å²) in [6, 6.07) is 4.57. The molecule has 18 heavy (non-hydrogen) atoms. The van der Waals surface area contributed by atoms with Crippen molar-refractivity contribution in [1.29, 1.82) is 0 Å². The highest BCUT2D eigenvalue weighted by atomic mass is 16.6. The van der Waals surface area contributed by atoms with Gasteiger partial charge in [0.1, 0.15) is 12.3 Å². The molecule has 1 saturated heterocycles. The Morgan fingerprint density at radius 1 is 1.56 bits per heavy atom. The quantitative estimate of drug-likeness (QED) is 0.466. The van der Waals surface area contributed by atoms with E-state index in [-0.39, 0.29) is 17.9 Å². The molecule has 1 aromatic rings. The molecule has 0 saturated carbocycles. The van der Waals surface area contributed by atoms with Gasteiger partial charge in [-0.2, -0.15) is 0 Å². The van der Waals surface area contributed by atoms with Gasteiger partial charge >= 0.3 is 6.09 Å². The second-order valence-electron chi connectivity index (χ2n) is 3.79. The van der Waals surface area contributed by atoms with Crippen molar-refractivity contribution in [2.75, 3.05) is 18.6 Å². The number of nitrogen functional groups attached to an aromatic ring is 1. The number of anilines is 1. The lowest BCUT2D eigenvalue weighted by Crippen LogP contribution is -2.23. The Bertz CT molecular complexity index is 491. The molecule has 0 bridgehead atoms. The van der Waals surface area contributed by atoms with E-state index in [1.807, 2.05) is 0 Å². The summed E-state index contributed by atoms with van der Waals surface area (Å²) in [4.78, 5) is 23.1. The lowest BCUT2D eigenvalue weighted by Gasteiger charge is -2.12. The van der Waals surface area contributed by atoms with Crippen LogP contribution in [0.25, 0.3) is 0 Å². The lowest BCUT2D eigenvalue weighted by atomic mass is 10.1. The number of rotatable bonds is 4. The molecule has 0 radical (unpaired) electrons. The molecule has 0 unspecified atom stereocenters. The Labute approximate surface area is 102 Å². The van der Waals surface area contributed by atoms with Gasteiger partial charge in [-0.3, -0.25) is 16.0 Å². The number of ether oxygens (including phenoxy) is 1. The molecule has 3 N–H and O–H groups in total. The normalized spacial score (nSPS) is 14.5. The van der Waals surface area contributed by atoms with Gasteiger partial charge in [0.15, 0.2) is 0 Å². The third-order valence-corrected chi connectivity index (χ3v) is 2.63. The number of nitro benzene ring substituents is 1. The van der Waals surface area contributed by atoms with Gasteiger partial charge in [0, 0.05) is 12.6 Å². The largest absolute Gasteiger partial charge is 0.448 e. The van der Waals surface area contributed by atoms with Crippen LogP contribution in [0, 0.1) is 10.1 Å². The summed E-state index contributed by atoms with van der Waals surface area (Å²) in [7, 11) is 0. The number of nitro groups is 1. The highest BCUT2D eigenvalue weighted by Gasteiger charge is 2.23. The summed E-state index contributed by atoms with van der Waals surface area (Å²) < 4.78 is 4.78. The third-order valence-electron chi connectivity index (χ3n) is 2.63. The van der Waals surface area contributed by atoms with E-state index in [0.717, 1.165) is 0 Å². The number of nitrogens with two attached hydrogens (primary N) is 1. The number of amides is 1. The van der Waals surface area contributed by atoms with Crippen LogP contribution < -0.4 is 11.3 Å². The van der Waals surface area contributed by atoms with Gasteiger partial charge in [0.2, 0.25) is 0 Å². The van der Waals surface area contributed by atoms with Gasteiger partial charge in [-0.05, 0) is 11.6 Å². The molecule has 1 aromatic carbocycles.